The van der Waals surface area contributed by atoms with Gasteiger partial charge in [0, 0.05) is 6.54 Å². The van der Waals surface area contributed by atoms with Crippen LogP contribution >= 0.6 is 0 Å². The van der Waals surface area contributed by atoms with Gasteiger partial charge in [0.2, 0.25) is 17.7 Å². The number of rotatable bonds is 6. The molecule has 3 amide bonds. The Labute approximate surface area is 106 Å². The first-order valence-electron chi connectivity index (χ1n) is 5.97. The number of amides is 3. The van der Waals surface area contributed by atoms with Crippen LogP contribution in [0.1, 0.15) is 25.7 Å². The van der Waals surface area contributed by atoms with Gasteiger partial charge in [0.15, 0.2) is 0 Å². The third-order valence-corrected chi connectivity index (χ3v) is 3.39. The molecule has 7 heteroatoms. The standard InChI is InChI=1S/C11H20N4O3/c12-7-11(3-1-2-4-11)10(18)15(5-8(13)16)6-9(14)17/h1-7,12H2,(H2,13,16)(H2,14,17). The first kappa shape index (κ1) is 14.4. The molecule has 1 aliphatic carbocycles. The van der Waals surface area contributed by atoms with Crippen LogP contribution in [0.15, 0.2) is 0 Å². The van der Waals surface area contributed by atoms with E-state index in [9.17, 15) is 14.4 Å². The van der Waals surface area contributed by atoms with Crippen molar-refractivity contribution in [3.8, 4) is 0 Å². The molecule has 7 nitrogen and oxygen atoms in total. The van der Waals surface area contributed by atoms with E-state index in [1.807, 2.05) is 0 Å². The second-order valence-corrected chi connectivity index (χ2v) is 4.79. The number of nitrogens with two attached hydrogens (primary N) is 3. The van der Waals surface area contributed by atoms with Gasteiger partial charge in [0.05, 0.1) is 18.5 Å². The van der Waals surface area contributed by atoms with Crippen molar-refractivity contribution in [3.63, 3.8) is 0 Å². The molecule has 1 fully saturated rings. The van der Waals surface area contributed by atoms with E-state index in [0.717, 1.165) is 17.7 Å². The topological polar surface area (TPSA) is 133 Å². The van der Waals surface area contributed by atoms with Crippen LogP contribution in [0.3, 0.4) is 0 Å². The molecule has 0 atom stereocenters. The van der Waals surface area contributed by atoms with E-state index < -0.39 is 17.2 Å². The minimum atomic E-state index is -0.672. The predicted molar refractivity (Wildman–Crippen MR) is 64.9 cm³/mol. The van der Waals surface area contributed by atoms with Crippen molar-refractivity contribution in [2.75, 3.05) is 19.6 Å². The van der Waals surface area contributed by atoms with Crippen LogP contribution in [0.2, 0.25) is 0 Å². The molecular weight excluding hydrogens is 236 g/mol. The average molecular weight is 256 g/mol. The summed E-state index contributed by atoms with van der Waals surface area (Å²) in [5.41, 5.74) is 15.2. The smallest absolute Gasteiger partial charge is 0.237 e. The lowest BCUT2D eigenvalue weighted by Gasteiger charge is -2.32. The summed E-state index contributed by atoms with van der Waals surface area (Å²) < 4.78 is 0. The third kappa shape index (κ3) is 3.19. The lowest BCUT2D eigenvalue weighted by atomic mass is 9.84. The number of hydrogen-bond acceptors (Lipinski definition) is 4. The van der Waals surface area contributed by atoms with Crippen molar-refractivity contribution >= 4 is 17.7 Å². The summed E-state index contributed by atoms with van der Waals surface area (Å²) in [7, 11) is 0. The SMILES string of the molecule is NCC1(C(=O)N(CC(N)=O)CC(N)=O)CCCC1. The van der Waals surface area contributed by atoms with E-state index >= 15 is 0 Å². The summed E-state index contributed by atoms with van der Waals surface area (Å²) in [5.74, 6) is -1.63. The van der Waals surface area contributed by atoms with Crippen molar-refractivity contribution in [1.29, 1.82) is 0 Å². The van der Waals surface area contributed by atoms with Crippen molar-refractivity contribution < 1.29 is 14.4 Å². The van der Waals surface area contributed by atoms with Gasteiger partial charge in [-0.05, 0) is 12.8 Å². The zero-order chi connectivity index (χ0) is 13.8. The molecule has 0 saturated heterocycles. The van der Waals surface area contributed by atoms with E-state index in [1.165, 1.54) is 0 Å². The van der Waals surface area contributed by atoms with Crippen molar-refractivity contribution in [3.05, 3.63) is 0 Å². The van der Waals surface area contributed by atoms with Crippen LogP contribution in [0, 0.1) is 5.41 Å². The minimum absolute atomic E-state index is 0.208. The average Bonchev–Trinajstić information content (AvgIpc) is 2.75. The summed E-state index contributed by atoms with van der Waals surface area (Å²) in [6.45, 7) is -0.396. The summed E-state index contributed by atoms with van der Waals surface area (Å²) in [5, 5.41) is 0. The van der Waals surface area contributed by atoms with Crippen molar-refractivity contribution in [2.45, 2.75) is 25.7 Å². The monoisotopic (exact) mass is 256 g/mol. The van der Waals surface area contributed by atoms with Gasteiger partial charge in [-0.3, -0.25) is 14.4 Å². The van der Waals surface area contributed by atoms with Gasteiger partial charge in [0.25, 0.3) is 0 Å². The fourth-order valence-corrected chi connectivity index (χ4v) is 2.47. The van der Waals surface area contributed by atoms with Crippen LogP contribution in [-0.2, 0) is 14.4 Å². The van der Waals surface area contributed by atoms with E-state index in [4.69, 9.17) is 17.2 Å². The molecular formula is C11H20N4O3. The predicted octanol–water partition coefficient (Wildman–Crippen LogP) is -1.70. The Hall–Kier alpha value is -1.63. The minimum Gasteiger partial charge on any atom is -0.368 e. The quantitative estimate of drug-likeness (QED) is 0.522. The zero-order valence-electron chi connectivity index (χ0n) is 10.4. The van der Waals surface area contributed by atoms with Crippen molar-refractivity contribution in [2.24, 2.45) is 22.6 Å². The maximum absolute atomic E-state index is 12.4. The van der Waals surface area contributed by atoms with Crippen LogP contribution < -0.4 is 17.2 Å². The fourth-order valence-electron chi connectivity index (χ4n) is 2.47. The highest BCUT2D eigenvalue weighted by Gasteiger charge is 2.42. The highest BCUT2D eigenvalue weighted by atomic mass is 16.2. The number of primary amides is 2. The van der Waals surface area contributed by atoms with Gasteiger partial charge in [0.1, 0.15) is 0 Å². The summed E-state index contributed by atoms with van der Waals surface area (Å²) >= 11 is 0. The number of carbonyl (C=O) groups excluding carboxylic acids is 3. The molecule has 0 aliphatic heterocycles. The summed E-state index contributed by atoms with van der Waals surface area (Å²) in [6, 6.07) is 0. The maximum Gasteiger partial charge on any atom is 0.237 e. The maximum atomic E-state index is 12.4. The second-order valence-electron chi connectivity index (χ2n) is 4.79. The molecule has 0 bridgehead atoms. The molecule has 0 unspecified atom stereocenters. The second kappa shape index (κ2) is 5.81. The Bertz CT molecular complexity index is 334. The molecule has 0 spiro atoms. The summed E-state index contributed by atoms with van der Waals surface area (Å²) in [4.78, 5) is 35.4. The van der Waals surface area contributed by atoms with Gasteiger partial charge in [-0.2, -0.15) is 0 Å². The summed E-state index contributed by atoms with van der Waals surface area (Å²) in [6.07, 6.45) is 3.19. The van der Waals surface area contributed by atoms with Gasteiger partial charge in [-0.1, -0.05) is 12.8 Å². The van der Waals surface area contributed by atoms with Gasteiger partial charge in [-0.25, -0.2) is 0 Å². The molecule has 0 radical (unpaired) electrons. The normalized spacial score (nSPS) is 17.4. The van der Waals surface area contributed by atoms with Crippen LogP contribution in [0.25, 0.3) is 0 Å². The van der Waals surface area contributed by atoms with E-state index in [2.05, 4.69) is 0 Å². The molecule has 0 aromatic carbocycles. The third-order valence-electron chi connectivity index (χ3n) is 3.39. The van der Waals surface area contributed by atoms with Crippen LogP contribution in [0.5, 0.6) is 0 Å². The molecule has 6 N–H and O–H groups in total. The van der Waals surface area contributed by atoms with E-state index in [0.29, 0.717) is 12.8 Å². The molecule has 0 heterocycles. The van der Waals surface area contributed by atoms with Gasteiger partial charge in [-0.15, -0.1) is 0 Å². The molecule has 0 aromatic heterocycles. The molecule has 1 saturated carbocycles. The Balaban J connectivity index is 2.85. The Morgan fingerprint density at radius 3 is 1.78 bits per heavy atom. The fraction of sp³-hybridized carbons (Fsp3) is 0.727. The van der Waals surface area contributed by atoms with Gasteiger partial charge < -0.3 is 22.1 Å². The lowest BCUT2D eigenvalue weighted by Crippen LogP contribution is -2.51. The Morgan fingerprint density at radius 2 is 1.44 bits per heavy atom. The zero-order valence-corrected chi connectivity index (χ0v) is 10.4. The molecule has 102 valence electrons. The highest BCUT2D eigenvalue weighted by molar-refractivity contribution is 5.91. The molecule has 1 rings (SSSR count). The lowest BCUT2D eigenvalue weighted by molar-refractivity contribution is -0.146. The first-order valence-corrected chi connectivity index (χ1v) is 5.97. The van der Waals surface area contributed by atoms with Gasteiger partial charge >= 0.3 is 0 Å². The van der Waals surface area contributed by atoms with E-state index in [1.54, 1.807) is 0 Å². The highest BCUT2D eigenvalue weighted by Crippen LogP contribution is 2.38. The van der Waals surface area contributed by atoms with E-state index in [-0.39, 0.29) is 25.5 Å². The number of nitrogens with zero attached hydrogens (tertiary/aromatic N) is 1. The van der Waals surface area contributed by atoms with Crippen molar-refractivity contribution in [1.82, 2.24) is 4.90 Å². The number of carbonyl (C=O) groups is 3. The largest absolute Gasteiger partial charge is 0.368 e. The van der Waals surface area contributed by atoms with Crippen LogP contribution in [-0.4, -0.2) is 42.3 Å². The Kier molecular flexibility index (Phi) is 4.66. The molecule has 1 aliphatic rings. The first-order chi connectivity index (χ1) is 8.41. The van der Waals surface area contributed by atoms with Crippen LogP contribution in [0.4, 0.5) is 0 Å². The molecule has 18 heavy (non-hydrogen) atoms. The molecule has 0 aromatic rings. The Morgan fingerprint density at radius 1 is 1.00 bits per heavy atom. The number of hydrogen-bond donors (Lipinski definition) is 3.